The number of carbonyl (C=O) groups is 1. The van der Waals surface area contributed by atoms with E-state index in [0.29, 0.717) is 5.75 Å². The Balaban J connectivity index is 1.84. The Morgan fingerprint density at radius 3 is 1.67 bits per heavy atom. The van der Waals surface area contributed by atoms with Gasteiger partial charge in [0.2, 0.25) is 6.29 Å². The number of hydrogen-bond donors (Lipinski definition) is 0. The van der Waals surface area contributed by atoms with Gasteiger partial charge in [-0.25, -0.2) is 0 Å². The first kappa shape index (κ1) is 22.4. The number of alkyl halides is 1. The van der Waals surface area contributed by atoms with E-state index in [1.807, 2.05) is 38.1 Å². The first-order chi connectivity index (χ1) is 14.5. The summed E-state index contributed by atoms with van der Waals surface area (Å²) in [6.07, 6.45) is -0.634. The molecule has 0 aliphatic heterocycles. The highest BCUT2D eigenvalue weighted by atomic mass is 79.9. The first-order valence-electron chi connectivity index (χ1n) is 9.91. The molecule has 0 spiro atoms. The van der Waals surface area contributed by atoms with Crippen LogP contribution in [0.25, 0.3) is 0 Å². The van der Waals surface area contributed by atoms with Crippen LogP contribution >= 0.6 is 15.9 Å². The van der Waals surface area contributed by atoms with Crippen molar-refractivity contribution in [2.24, 2.45) is 5.92 Å². The molecule has 0 amide bonds. The van der Waals surface area contributed by atoms with Crippen molar-refractivity contribution in [1.82, 2.24) is 0 Å². The minimum absolute atomic E-state index is 0.0307. The summed E-state index contributed by atoms with van der Waals surface area (Å²) in [6.45, 7) is 5.67. The third kappa shape index (κ3) is 5.89. The van der Waals surface area contributed by atoms with Gasteiger partial charge in [0, 0.05) is 5.92 Å². The largest absolute Gasteiger partial charge is 0.455 e. The van der Waals surface area contributed by atoms with Crippen LogP contribution in [0, 0.1) is 5.92 Å². The van der Waals surface area contributed by atoms with Gasteiger partial charge in [-0.05, 0) is 55.5 Å². The van der Waals surface area contributed by atoms with E-state index in [4.69, 9.17) is 9.47 Å². The molecule has 3 aromatic rings. The molecule has 0 radical (unpaired) electrons. The zero-order valence-corrected chi connectivity index (χ0v) is 19.7. The molecule has 3 nitrogen and oxygen atoms in total. The zero-order valence-electron chi connectivity index (χ0n) is 17.3. The summed E-state index contributed by atoms with van der Waals surface area (Å²) in [5.41, 5.74) is 0. The molecule has 0 aromatic heterocycles. The predicted molar refractivity (Wildman–Crippen MR) is 125 cm³/mol. The van der Waals surface area contributed by atoms with Crippen LogP contribution < -0.4 is 4.74 Å². The van der Waals surface area contributed by atoms with Crippen molar-refractivity contribution < 1.29 is 14.3 Å². The van der Waals surface area contributed by atoms with Gasteiger partial charge in [0.1, 0.15) is 10.6 Å². The van der Waals surface area contributed by atoms with Crippen molar-refractivity contribution >= 4 is 32.8 Å². The number of carbonyl (C=O) groups excluding carboxylic acids is 1. The molecule has 30 heavy (non-hydrogen) atoms. The lowest BCUT2D eigenvalue weighted by Crippen LogP contribution is -2.31. The quantitative estimate of drug-likeness (QED) is 0.159. The van der Waals surface area contributed by atoms with Gasteiger partial charge < -0.3 is 9.47 Å². The maximum absolute atomic E-state index is 12.0. The summed E-state index contributed by atoms with van der Waals surface area (Å²) in [4.78, 5) is 15.3. The Bertz CT molecular complexity index is 888. The minimum Gasteiger partial charge on any atom is -0.455 e. The van der Waals surface area contributed by atoms with Crippen molar-refractivity contribution in [3.8, 4) is 5.75 Å². The number of benzene rings is 3. The van der Waals surface area contributed by atoms with Crippen molar-refractivity contribution in [3.63, 3.8) is 0 Å². The predicted octanol–water partition coefficient (Wildman–Crippen LogP) is 6.47. The van der Waals surface area contributed by atoms with Crippen LogP contribution in [-0.2, 0) is 20.4 Å². The second-order valence-corrected chi connectivity index (χ2v) is 10.6. The van der Waals surface area contributed by atoms with Crippen molar-refractivity contribution in [1.29, 1.82) is 0 Å². The molecular weight excluding hydrogens is 460 g/mol. The van der Waals surface area contributed by atoms with Gasteiger partial charge in [0.05, 0.1) is 10.9 Å². The van der Waals surface area contributed by atoms with Crippen LogP contribution in [0.3, 0.4) is 0 Å². The van der Waals surface area contributed by atoms with E-state index < -0.39 is 6.29 Å². The van der Waals surface area contributed by atoms with E-state index in [1.54, 1.807) is 6.92 Å². The van der Waals surface area contributed by atoms with E-state index in [1.165, 1.54) is 14.7 Å². The Kier molecular flexibility index (Phi) is 8.00. The summed E-state index contributed by atoms with van der Waals surface area (Å²) in [5.74, 6) is 0.375. The normalized spacial score (nSPS) is 13.1. The van der Waals surface area contributed by atoms with Crippen molar-refractivity contribution in [3.05, 3.63) is 84.9 Å². The van der Waals surface area contributed by atoms with Gasteiger partial charge in [-0.2, -0.15) is 0 Å². The van der Waals surface area contributed by atoms with E-state index in [0.717, 1.165) is 0 Å². The Labute approximate surface area is 189 Å². The number of rotatable bonds is 8. The summed E-state index contributed by atoms with van der Waals surface area (Å²) in [7, 11) is -0.207. The summed E-state index contributed by atoms with van der Waals surface area (Å²) in [5, 5.41) is 0. The fourth-order valence-corrected chi connectivity index (χ4v) is 5.01. The van der Waals surface area contributed by atoms with E-state index in [2.05, 4.69) is 76.6 Å². The van der Waals surface area contributed by atoms with E-state index in [9.17, 15) is 4.79 Å². The standard InChI is InChI=1S/C25H26BrO3S/c1-18(2)25(29-24(27)19(3)26)28-20-14-16-23(17-15-20)30(21-10-6-4-7-11-21)22-12-8-5-9-13-22/h4-19,25H,1-3H3/q+1. The third-order valence-corrected chi connectivity index (χ3v) is 6.98. The lowest BCUT2D eigenvalue weighted by Gasteiger charge is -2.23. The second kappa shape index (κ2) is 10.7. The van der Waals surface area contributed by atoms with Gasteiger partial charge in [-0.1, -0.05) is 66.2 Å². The molecule has 0 saturated carbocycles. The molecular formula is C25H26BrO3S+. The molecule has 156 valence electrons. The number of esters is 1. The maximum Gasteiger partial charge on any atom is 0.322 e. The number of hydrogen-bond acceptors (Lipinski definition) is 3. The molecule has 0 heterocycles. The Hall–Kier alpha value is -2.24. The SMILES string of the molecule is CC(Br)C(=O)OC(Oc1ccc([S+](c2ccccc2)c2ccccc2)cc1)C(C)C. The third-order valence-electron chi connectivity index (χ3n) is 4.37. The van der Waals surface area contributed by atoms with Crippen LogP contribution in [-0.4, -0.2) is 17.1 Å². The summed E-state index contributed by atoms with van der Waals surface area (Å²) < 4.78 is 11.5. The molecule has 0 fully saturated rings. The number of halogens is 1. The average Bonchev–Trinajstić information content (AvgIpc) is 2.76. The topological polar surface area (TPSA) is 35.5 Å². The summed E-state index contributed by atoms with van der Waals surface area (Å²) in [6, 6.07) is 29.1. The Morgan fingerprint density at radius 2 is 1.23 bits per heavy atom. The molecule has 2 unspecified atom stereocenters. The Morgan fingerprint density at radius 1 is 0.767 bits per heavy atom. The highest BCUT2D eigenvalue weighted by Gasteiger charge is 2.28. The van der Waals surface area contributed by atoms with Gasteiger partial charge >= 0.3 is 5.97 Å². The van der Waals surface area contributed by atoms with Crippen LogP contribution in [0.15, 0.2) is 99.6 Å². The highest BCUT2D eigenvalue weighted by Crippen LogP contribution is 2.32. The van der Waals surface area contributed by atoms with Crippen LogP contribution in [0.1, 0.15) is 20.8 Å². The molecule has 3 aromatic carbocycles. The summed E-state index contributed by atoms with van der Waals surface area (Å²) >= 11 is 3.24. The van der Waals surface area contributed by atoms with Crippen LogP contribution in [0.2, 0.25) is 0 Å². The van der Waals surface area contributed by atoms with E-state index >= 15 is 0 Å². The molecule has 2 atom stereocenters. The molecule has 0 saturated heterocycles. The minimum atomic E-state index is -0.634. The van der Waals surface area contributed by atoms with Crippen LogP contribution in [0.4, 0.5) is 0 Å². The lowest BCUT2D eigenvalue weighted by molar-refractivity contribution is -0.168. The molecule has 5 heteroatoms. The molecule has 0 bridgehead atoms. The fraction of sp³-hybridized carbons (Fsp3) is 0.240. The van der Waals surface area contributed by atoms with Crippen molar-refractivity contribution in [2.75, 3.05) is 0 Å². The second-order valence-electron chi connectivity index (χ2n) is 7.19. The van der Waals surface area contributed by atoms with Gasteiger partial charge in [0.15, 0.2) is 14.7 Å². The smallest absolute Gasteiger partial charge is 0.322 e. The monoisotopic (exact) mass is 485 g/mol. The lowest BCUT2D eigenvalue weighted by atomic mass is 10.2. The molecule has 0 N–H and O–H groups in total. The van der Waals surface area contributed by atoms with Crippen LogP contribution in [0.5, 0.6) is 5.75 Å². The van der Waals surface area contributed by atoms with Crippen molar-refractivity contribution in [2.45, 2.75) is 46.6 Å². The first-order valence-corrected chi connectivity index (χ1v) is 12.1. The number of ether oxygens (including phenoxy) is 2. The fourth-order valence-electron chi connectivity index (χ4n) is 2.81. The molecule has 3 rings (SSSR count). The van der Waals surface area contributed by atoms with Gasteiger partial charge in [-0.3, -0.25) is 4.79 Å². The van der Waals surface area contributed by atoms with Gasteiger partial charge in [0.25, 0.3) is 0 Å². The zero-order chi connectivity index (χ0) is 21.5. The molecule has 0 aliphatic carbocycles. The maximum atomic E-state index is 12.0. The highest BCUT2D eigenvalue weighted by molar-refractivity contribution is 9.10. The van der Waals surface area contributed by atoms with Gasteiger partial charge in [-0.15, -0.1) is 0 Å². The average molecular weight is 486 g/mol. The van der Waals surface area contributed by atoms with E-state index in [-0.39, 0.29) is 27.6 Å². The molecule has 0 aliphatic rings.